The Labute approximate surface area is 265 Å². The van der Waals surface area contributed by atoms with Crippen LogP contribution >= 0.6 is 73.8 Å². The minimum atomic E-state index is -0.794. The van der Waals surface area contributed by atoms with Crippen molar-refractivity contribution in [3.05, 3.63) is 106 Å². The van der Waals surface area contributed by atoms with E-state index >= 15 is 0 Å². The zero-order chi connectivity index (χ0) is 29.0. The lowest BCUT2D eigenvalue weighted by Crippen LogP contribution is -2.33. The molecule has 1 aromatic heterocycles. The third-order valence-corrected chi connectivity index (χ3v) is 11.0. The summed E-state index contributed by atoms with van der Waals surface area (Å²) in [5.74, 6) is -2.50. The van der Waals surface area contributed by atoms with Gasteiger partial charge in [0, 0.05) is 26.0 Å². The number of aromatic nitrogens is 1. The molecule has 0 aliphatic carbocycles. The van der Waals surface area contributed by atoms with E-state index in [0.29, 0.717) is 31.3 Å². The molecule has 6 rings (SSSR count). The average molecular weight is 710 g/mol. The smallest absolute Gasteiger partial charge is 0.308 e. The fraction of sp³-hybridized carbons (Fsp3) is 0.143. The van der Waals surface area contributed by atoms with Crippen LogP contribution in [0.2, 0.25) is 15.1 Å². The van der Waals surface area contributed by atoms with Gasteiger partial charge in [0.1, 0.15) is 11.8 Å². The van der Waals surface area contributed by atoms with Gasteiger partial charge < -0.3 is 5.32 Å². The van der Waals surface area contributed by atoms with Crippen molar-refractivity contribution in [2.75, 3.05) is 10.2 Å². The zero-order valence-corrected chi connectivity index (χ0v) is 26.1. The number of anilines is 2. The van der Waals surface area contributed by atoms with Crippen molar-refractivity contribution >= 4 is 103 Å². The lowest BCUT2D eigenvalue weighted by molar-refractivity contribution is -0.122. The Balaban J connectivity index is 1.40. The summed E-state index contributed by atoms with van der Waals surface area (Å²) in [6.45, 7) is -0.290. The number of benzene rings is 3. The summed E-state index contributed by atoms with van der Waals surface area (Å²) in [7, 11) is 0. The second-order valence-corrected chi connectivity index (χ2v) is 13.7. The maximum absolute atomic E-state index is 13.9. The fourth-order valence-corrected chi connectivity index (χ4v) is 8.51. The molecular weight excluding hydrogens is 693 g/mol. The van der Waals surface area contributed by atoms with Crippen LogP contribution in [0.4, 0.5) is 11.4 Å². The van der Waals surface area contributed by atoms with E-state index in [2.05, 4.69) is 21.2 Å². The van der Waals surface area contributed by atoms with Crippen LogP contribution in [0.5, 0.6) is 0 Å². The number of carbonyl (C=O) groups is 3. The van der Waals surface area contributed by atoms with Gasteiger partial charge in [0.2, 0.25) is 17.7 Å². The van der Waals surface area contributed by atoms with E-state index in [1.807, 2.05) is 0 Å². The molecule has 2 aliphatic heterocycles. The highest BCUT2D eigenvalue weighted by Gasteiger charge is 2.56. The van der Waals surface area contributed by atoms with Gasteiger partial charge in [-0.2, -0.15) is 0 Å². The predicted octanol–water partition coefficient (Wildman–Crippen LogP) is 7.07. The van der Waals surface area contributed by atoms with E-state index in [4.69, 9.17) is 34.8 Å². The highest BCUT2D eigenvalue weighted by Crippen LogP contribution is 2.54. The highest BCUT2D eigenvalue weighted by atomic mass is 79.9. The number of amides is 3. The molecule has 2 aliphatic rings. The summed E-state index contributed by atoms with van der Waals surface area (Å²) in [6, 6.07) is 18.7. The maximum Gasteiger partial charge on any atom is 0.308 e. The normalized spacial score (nSPS) is 19.7. The van der Waals surface area contributed by atoms with E-state index in [-0.39, 0.29) is 28.3 Å². The number of halogens is 4. The maximum atomic E-state index is 13.9. The van der Waals surface area contributed by atoms with Crippen LogP contribution in [0.1, 0.15) is 16.4 Å². The number of thioether (sulfide) groups is 1. The monoisotopic (exact) mass is 707 g/mol. The third kappa shape index (κ3) is 5.26. The van der Waals surface area contributed by atoms with Crippen LogP contribution in [0.3, 0.4) is 0 Å². The molecule has 2 unspecified atom stereocenters. The van der Waals surface area contributed by atoms with Crippen LogP contribution in [0.15, 0.2) is 81.0 Å². The molecular formula is C28H17BrCl3N3O4S2. The Morgan fingerprint density at radius 1 is 0.902 bits per heavy atom. The molecule has 1 fully saturated rings. The number of imide groups is 1. The number of hydrogen-bond donors (Lipinski definition) is 1. The second kappa shape index (κ2) is 11.2. The lowest BCUT2D eigenvalue weighted by Gasteiger charge is -2.30. The van der Waals surface area contributed by atoms with Crippen molar-refractivity contribution in [2.24, 2.45) is 5.92 Å². The highest BCUT2D eigenvalue weighted by molar-refractivity contribution is 9.10. The molecule has 0 radical (unpaired) electrons. The predicted molar refractivity (Wildman–Crippen MR) is 167 cm³/mol. The summed E-state index contributed by atoms with van der Waals surface area (Å²) < 4.78 is 2.17. The first kappa shape index (κ1) is 28.5. The minimum absolute atomic E-state index is 0.279. The molecule has 13 heteroatoms. The van der Waals surface area contributed by atoms with Gasteiger partial charge in [-0.25, -0.2) is 4.90 Å². The van der Waals surface area contributed by atoms with Crippen molar-refractivity contribution in [3.63, 3.8) is 0 Å². The van der Waals surface area contributed by atoms with Gasteiger partial charge >= 0.3 is 4.87 Å². The van der Waals surface area contributed by atoms with E-state index in [1.54, 1.807) is 60.7 Å². The van der Waals surface area contributed by atoms with Gasteiger partial charge in [0.25, 0.3) is 0 Å². The van der Waals surface area contributed by atoms with Crippen LogP contribution in [0, 0.1) is 5.92 Å². The molecule has 208 valence electrons. The van der Waals surface area contributed by atoms with Gasteiger partial charge in [-0.15, -0.1) is 0 Å². The summed E-state index contributed by atoms with van der Waals surface area (Å²) in [5, 5.41) is 3.57. The summed E-state index contributed by atoms with van der Waals surface area (Å²) in [5.41, 5.74) is 1.64. The zero-order valence-electron chi connectivity index (χ0n) is 20.6. The van der Waals surface area contributed by atoms with E-state index in [9.17, 15) is 19.2 Å². The minimum Gasteiger partial charge on any atom is -0.324 e. The lowest BCUT2D eigenvalue weighted by atomic mass is 9.83. The first-order valence-corrected chi connectivity index (χ1v) is 15.8. The summed E-state index contributed by atoms with van der Waals surface area (Å²) in [6.07, 6.45) is 0. The van der Waals surface area contributed by atoms with Gasteiger partial charge in [-0.1, -0.05) is 86.0 Å². The molecule has 3 heterocycles. The van der Waals surface area contributed by atoms with Gasteiger partial charge in [-0.3, -0.25) is 23.7 Å². The van der Waals surface area contributed by atoms with Crippen LogP contribution < -0.4 is 15.1 Å². The van der Waals surface area contributed by atoms with Gasteiger partial charge in [0.05, 0.1) is 26.7 Å². The SMILES string of the molecule is O=C(Cn1c2c(sc1=O)[C@H](c1ccc(Cl)cc1)C1C(=O)N(c3ccc(Br)cc3)C(=O)C1S2)Nc1ccc(Cl)c(Cl)c1. The molecule has 1 saturated heterocycles. The second-order valence-electron chi connectivity index (χ2n) is 9.38. The summed E-state index contributed by atoms with van der Waals surface area (Å²) in [4.78, 5) is 55.5. The van der Waals surface area contributed by atoms with Crippen LogP contribution in [-0.2, 0) is 20.9 Å². The number of carbonyl (C=O) groups excluding carboxylic acids is 3. The van der Waals surface area contributed by atoms with Crippen molar-refractivity contribution in [3.8, 4) is 0 Å². The molecule has 4 aromatic rings. The van der Waals surface area contributed by atoms with E-state index in [0.717, 1.165) is 33.1 Å². The quantitative estimate of drug-likeness (QED) is 0.224. The number of nitrogens with zero attached hydrogens (tertiary/aromatic N) is 2. The Bertz CT molecular complexity index is 1780. The number of rotatable bonds is 5. The number of thiazole rings is 1. The summed E-state index contributed by atoms with van der Waals surface area (Å²) >= 11 is 23.7. The molecule has 3 aromatic carbocycles. The molecule has 0 saturated carbocycles. The molecule has 7 nitrogen and oxygen atoms in total. The standard InChI is InChI=1S/C28H17BrCl3N3O4S2/c29-14-3-8-17(9-4-14)35-25(37)22-21(13-1-5-15(30)6-2-13)24-27(40-23(22)26(35)38)34(28(39)41-24)12-20(36)33-16-7-10-18(31)19(32)11-16/h1-11,21-23H,12H2,(H,33,36)/t21-,22?,23?/m1/s1. The van der Waals surface area contributed by atoms with Crippen molar-refractivity contribution in [1.29, 1.82) is 0 Å². The van der Waals surface area contributed by atoms with E-state index in [1.165, 1.54) is 15.5 Å². The first-order valence-electron chi connectivity index (χ1n) is 12.2. The molecule has 0 bridgehead atoms. The number of hydrogen-bond acceptors (Lipinski definition) is 6. The average Bonchev–Trinajstić information content (AvgIpc) is 3.38. The molecule has 0 spiro atoms. The molecule has 3 amide bonds. The first-order chi connectivity index (χ1) is 19.6. The number of nitrogens with one attached hydrogen (secondary N) is 1. The Morgan fingerprint density at radius 3 is 2.29 bits per heavy atom. The Morgan fingerprint density at radius 2 is 1.61 bits per heavy atom. The van der Waals surface area contributed by atoms with Crippen LogP contribution in [0.25, 0.3) is 0 Å². The molecule has 3 atom stereocenters. The van der Waals surface area contributed by atoms with Crippen LogP contribution in [-0.4, -0.2) is 27.5 Å². The third-order valence-electron chi connectivity index (χ3n) is 6.87. The van der Waals surface area contributed by atoms with Gasteiger partial charge in [0.15, 0.2) is 0 Å². The Hall–Kier alpha value is -2.60. The fourth-order valence-electron chi connectivity index (χ4n) is 5.05. The number of fused-ring (bicyclic) bond motifs is 2. The molecule has 1 N–H and O–H groups in total. The largest absolute Gasteiger partial charge is 0.324 e. The Kier molecular flexibility index (Phi) is 7.82. The van der Waals surface area contributed by atoms with Crippen molar-refractivity contribution in [1.82, 2.24) is 4.57 Å². The molecule has 41 heavy (non-hydrogen) atoms. The van der Waals surface area contributed by atoms with Crippen molar-refractivity contribution in [2.45, 2.75) is 22.7 Å². The topological polar surface area (TPSA) is 88.5 Å². The van der Waals surface area contributed by atoms with Gasteiger partial charge in [-0.05, 0) is 60.2 Å². The van der Waals surface area contributed by atoms with Crippen molar-refractivity contribution < 1.29 is 14.4 Å². The van der Waals surface area contributed by atoms with E-state index < -0.39 is 23.0 Å².